The number of carbonyl (C=O) groups excluding carboxylic acids is 1. The van der Waals surface area contributed by atoms with Crippen LogP contribution in [0.5, 0.6) is 0 Å². The molecule has 2 N–H and O–H groups in total. The van der Waals surface area contributed by atoms with Crippen LogP contribution in [0.2, 0.25) is 0 Å². The van der Waals surface area contributed by atoms with Gasteiger partial charge in [0.05, 0.1) is 12.5 Å². The second-order valence-electron chi connectivity index (χ2n) is 4.88. The zero-order chi connectivity index (χ0) is 15.1. The molecule has 21 heavy (non-hydrogen) atoms. The highest BCUT2D eigenvalue weighted by atomic mass is 19.1. The molecule has 1 amide bonds. The maximum Gasteiger partial charge on any atom is 0.222 e. The van der Waals surface area contributed by atoms with E-state index in [2.05, 4.69) is 17.2 Å². The number of hydrogen-bond acceptors (Lipinski definition) is 3. The van der Waals surface area contributed by atoms with Crippen LogP contribution in [-0.4, -0.2) is 30.3 Å². The molecule has 1 aromatic rings. The molecule has 0 bridgehead atoms. The molecule has 0 aromatic heterocycles. The molecule has 1 aliphatic heterocycles. The summed E-state index contributed by atoms with van der Waals surface area (Å²) in [7, 11) is 0. The molecule has 1 heterocycles. The molecule has 1 unspecified atom stereocenters. The zero-order valence-electron chi connectivity index (χ0n) is 11.7. The Hall–Kier alpha value is -1.90. The summed E-state index contributed by atoms with van der Waals surface area (Å²) in [6, 6.07) is 4.42. The van der Waals surface area contributed by atoms with Gasteiger partial charge >= 0.3 is 0 Å². The minimum Gasteiger partial charge on any atom is -0.384 e. The van der Waals surface area contributed by atoms with Crippen LogP contribution in [0.15, 0.2) is 18.2 Å². The van der Waals surface area contributed by atoms with Crippen LogP contribution in [0.4, 0.5) is 4.39 Å². The molecule has 0 radical (unpaired) electrons. The quantitative estimate of drug-likeness (QED) is 0.823. The Balaban J connectivity index is 1.90. The van der Waals surface area contributed by atoms with Crippen LogP contribution in [-0.2, 0) is 16.1 Å². The third-order valence-corrected chi connectivity index (χ3v) is 3.27. The number of aliphatic hydroxyl groups excluding tert-OH is 1. The van der Waals surface area contributed by atoms with Crippen molar-refractivity contribution in [3.63, 3.8) is 0 Å². The Morgan fingerprint density at radius 2 is 2.38 bits per heavy atom. The van der Waals surface area contributed by atoms with E-state index in [-0.39, 0.29) is 31.0 Å². The fourth-order valence-electron chi connectivity index (χ4n) is 2.21. The van der Waals surface area contributed by atoms with E-state index in [1.165, 1.54) is 12.1 Å². The molecule has 112 valence electrons. The predicted octanol–water partition coefficient (Wildman–Crippen LogP) is 1.35. The number of hydrogen-bond donors (Lipinski definition) is 2. The molecule has 0 spiro atoms. The number of amides is 1. The van der Waals surface area contributed by atoms with E-state index in [0.29, 0.717) is 24.2 Å². The van der Waals surface area contributed by atoms with Crippen molar-refractivity contribution in [2.24, 2.45) is 0 Å². The average molecular weight is 291 g/mol. The van der Waals surface area contributed by atoms with Gasteiger partial charge in [-0.05, 0) is 31.0 Å². The van der Waals surface area contributed by atoms with Crippen molar-refractivity contribution in [3.8, 4) is 11.8 Å². The maximum absolute atomic E-state index is 13.7. The lowest BCUT2D eigenvalue weighted by atomic mass is 10.1. The zero-order valence-corrected chi connectivity index (χ0v) is 11.7. The average Bonchev–Trinajstić information content (AvgIpc) is 2.98. The van der Waals surface area contributed by atoms with Gasteiger partial charge in [-0.3, -0.25) is 4.79 Å². The number of aliphatic hydroxyl groups is 1. The fourth-order valence-corrected chi connectivity index (χ4v) is 2.21. The molecule has 1 atom stereocenters. The largest absolute Gasteiger partial charge is 0.384 e. The first-order valence-corrected chi connectivity index (χ1v) is 6.95. The SMILES string of the molecule is O=C(CC1CCCO1)NCc1cc(C#CCO)ccc1F. The van der Waals surface area contributed by atoms with Crippen molar-refractivity contribution in [3.05, 3.63) is 35.1 Å². The molecular formula is C16H18FNO3. The van der Waals surface area contributed by atoms with Crippen LogP contribution < -0.4 is 5.32 Å². The first-order valence-electron chi connectivity index (χ1n) is 6.95. The van der Waals surface area contributed by atoms with Crippen molar-refractivity contribution in [1.29, 1.82) is 0 Å². The topological polar surface area (TPSA) is 58.6 Å². The van der Waals surface area contributed by atoms with E-state index in [4.69, 9.17) is 9.84 Å². The minimum atomic E-state index is -0.387. The maximum atomic E-state index is 13.7. The first kappa shape index (κ1) is 15.5. The van der Waals surface area contributed by atoms with Crippen molar-refractivity contribution < 1.29 is 19.0 Å². The summed E-state index contributed by atoms with van der Waals surface area (Å²) >= 11 is 0. The summed E-state index contributed by atoms with van der Waals surface area (Å²) in [5, 5.41) is 11.3. The number of carbonyl (C=O) groups is 1. The van der Waals surface area contributed by atoms with E-state index >= 15 is 0 Å². The summed E-state index contributed by atoms with van der Waals surface area (Å²) in [4.78, 5) is 11.8. The Kier molecular flexibility index (Phi) is 5.73. The van der Waals surface area contributed by atoms with Crippen LogP contribution in [0.1, 0.15) is 30.4 Å². The number of halogens is 1. The second-order valence-corrected chi connectivity index (χ2v) is 4.88. The number of ether oxygens (including phenoxy) is 1. The third-order valence-electron chi connectivity index (χ3n) is 3.27. The monoisotopic (exact) mass is 291 g/mol. The highest BCUT2D eigenvalue weighted by Crippen LogP contribution is 2.15. The Morgan fingerprint density at radius 3 is 3.10 bits per heavy atom. The lowest BCUT2D eigenvalue weighted by Crippen LogP contribution is -2.27. The summed E-state index contributed by atoms with van der Waals surface area (Å²) in [6.45, 7) is 0.578. The van der Waals surface area contributed by atoms with E-state index in [1.807, 2.05) is 0 Å². The molecule has 0 saturated carbocycles. The van der Waals surface area contributed by atoms with Gasteiger partial charge in [-0.2, -0.15) is 0 Å². The molecule has 1 aliphatic rings. The van der Waals surface area contributed by atoms with Gasteiger partial charge in [0.25, 0.3) is 0 Å². The van der Waals surface area contributed by atoms with E-state index in [1.54, 1.807) is 6.07 Å². The van der Waals surface area contributed by atoms with Crippen molar-refractivity contribution in [1.82, 2.24) is 5.32 Å². The van der Waals surface area contributed by atoms with Crippen molar-refractivity contribution >= 4 is 5.91 Å². The number of rotatable bonds is 4. The lowest BCUT2D eigenvalue weighted by molar-refractivity contribution is -0.123. The van der Waals surface area contributed by atoms with Gasteiger partial charge in [-0.1, -0.05) is 11.8 Å². The third kappa shape index (κ3) is 4.85. The Morgan fingerprint density at radius 1 is 1.52 bits per heavy atom. The van der Waals surface area contributed by atoms with Gasteiger partial charge in [0.15, 0.2) is 0 Å². The molecule has 5 heteroatoms. The molecule has 1 saturated heterocycles. The van der Waals surface area contributed by atoms with Crippen LogP contribution in [0.25, 0.3) is 0 Å². The van der Waals surface area contributed by atoms with Gasteiger partial charge in [0, 0.05) is 24.3 Å². The fraction of sp³-hybridized carbons (Fsp3) is 0.438. The normalized spacial score (nSPS) is 17.1. The van der Waals surface area contributed by atoms with E-state index in [9.17, 15) is 9.18 Å². The summed E-state index contributed by atoms with van der Waals surface area (Å²) in [6.07, 6.45) is 2.18. The van der Waals surface area contributed by atoms with Gasteiger partial charge in [0.1, 0.15) is 12.4 Å². The summed E-state index contributed by atoms with van der Waals surface area (Å²) < 4.78 is 19.1. The standard InChI is InChI=1S/C16H18FNO3/c17-15-6-5-12(3-1-7-19)9-13(15)11-18-16(20)10-14-4-2-8-21-14/h5-6,9,14,19H,2,4,7-8,10-11H2,(H,18,20). The number of nitrogens with one attached hydrogen (secondary N) is 1. The Labute approximate surface area is 123 Å². The Bertz CT molecular complexity index is 556. The second kappa shape index (κ2) is 7.77. The summed E-state index contributed by atoms with van der Waals surface area (Å²) in [5.74, 6) is 4.68. The molecule has 1 aromatic carbocycles. The van der Waals surface area contributed by atoms with Gasteiger partial charge in [-0.25, -0.2) is 4.39 Å². The van der Waals surface area contributed by atoms with Crippen LogP contribution in [0, 0.1) is 17.7 Å². The molecule has 0 aliphatic carbocycles. The van der Waals surface area contributed by atoms with Crippen LogP contribution in [0.3, 0.4) is 0 Å². The van der Waals surface area contributed by atoms with E-state index < -0.39 is 0 Å². The highest BCUT2D eigenvalue weighted by Gasteiger charge is 2.19. The van der Waals surface area contributed by atoms with Gasteiger partial charge in [0.2, 0.25) is 5.91 Å². The smallest absolute Gasteiger partial charge is 0.222 e. The molecule has 1 fully saturated rings. The predicted molar refractivity (Wildman–Crippen MR) is 75.8 cm³/mol. The van der Waals surface area contributed by atoms with Crippen molar-refractivity contribution in [2.75, 3.05) is 13.2 Å². The molecule has 4 nitrogen and oxygen atoms in total. The first-order chi connectivity index (χ1) is 10.2. The van der Waals surface area contributed by atoms with E-state index in [0.717, 1.165) is 12.8 Å². The molecule has 2 rings (SSSR count). The lowest BCUT2D eigenvalue weighted by Gasteiger charge is -2.10. The van der Waals surface area contributed by atoms with Crippen LogP contribution >= 0.6 is 0 Å². The van der Waals surface area contributed by atoms with Gasteiger partial charge in [-0.15, -0.1) is 0 Å². The number of benzene rings is 1. The van der Waals surface area contributed by atoms with Crippen molar-refractivity contribution in [2.45, 2.75) is 31.9 Å². The molecular weight excluding hydrogens is 273 g/mol. The highest BCUT2D eigenvalue weighted by molar-refractivity contribution is 5.76. The minimum absolute atomic E-state index is 0.0170. The summed E-state index contributed by atoms with van der Waals surface area (Å²) in [5.41, 5.74) is 0.981. The van der Waals surface area contributed by atoms with Gasteiger partial charge < -0.3 is 15.2 Å².